The molecule has 9 aromatic carbocycles. The molecule has 0 atom stereocenters. The highest BCUT2D eigenvalue weighted by Gasteiger charge is 2.37. The Labute approximate surface area is 336 Å². The number of fused-ring (bicyclic) bond motifs is 5. The Morgan fingerprint density at radius 2 is 0.860 bits per heavy atom. The summed E-state index contributed by atoms with van der Waals surface area (Å²) in [6.45, 7) is 9.66. The Morgan fingerprint density at radius 3 is 1.63 bits per heavy atom. The minimum absolute atomic E-state index is 0.0874. The first-order valence-electron chi connectivity index (χ1n) is 20.4. The van der Waals surface area contributed by atoms with Gasteiger partial charge in [-0.25, -0.2) is 0 Å². The zero-order valence-corrected chi connectivity index (χ0v) is 33.3. The predicted octanol–water partition coefficient (Wildman–Crippen LogP) is 16.0. The third-order valence-electron chi connectivity index (χ3n) is 12.7. The molecule has 0 amide bonds. The first kappa shape index (κ1) is 35.0. The van der Waals surface area contributed by atoms with Gasteiger partial charge in [-0.2, -0.15) is 0 Å². The third kappa shape index (κ3) is 6.28. The van der Waals surface area contributed by atoms with E-state index in [2.05, 4.69) is 221 Å². The highest BCUT2D eigenvalue weighted by Crippen LogP contribution is 2.49. The fourth-order valence-corrected chi connectivity index (χ4v) is 9.28. The molecule has 0 saturated carbocycles. The van der Waals surface area contributed by atoms with Crippen LogP contribution >= 0.6 is 0 Å². The van der Waals surface area contributed by atoms with Gasteiger partial charge in [-0.05, 0) is 149 Å². The maximum atomic E-state index is 2.49. The van der Waals surface area contributed by atoms with Crippen molar-refractivity contribution in [3.8, 4) is 33.4 Å². The fourth-order valence-electron chi connectivity index (χ4n) is 9.28. The van der Waals surface area contributed by atoms with E-state index in [1.807, 2.05) is 0 Å². The number of benzene rings is 9. The Bertz CT molecular complexity index is 2950. The van der Waals surface area contributed by atoms with Crippen LogP contribution in [0, 0.1) is 0 Å². The van der Waals surface area contributed by atoms with Crippen molar-refractivity contribution in [2.24, 2.45) is 0 Å². The molecule has 0 spiro atoms. The minimum Gasteiger partial charge on any atom is -0.310 e. The van der Waals surface area contributed by atoms with E-state index < -0.39 is 0 Å². The number of rotatable bonds is 6. The monoisotopic (exact) mass is 733 g/mol. The van der Waals surface area contributed by atoms with E-state index in [1.54, 1.807) is 0 Å². The Balaban J connectivity index is 1.19. The zero-order valence-electron chi connectivity index (χ0n) is 33.3. The topological polar surface area (TPSA) is 3.24 Å². The molecule has 0 N–H and O–H groups in total. The van der Waals surface area contributed by atoms with Crippen LogP contribution in [-0.4, -0.2) is 0 Å². The van der Waals surface area contributed by atoms with Crippen molar-refractivity contribution in [3.63, 3.8) is 0 Å². The van der Waals surface area contributed by atoms with Crippen LogP contribution in [0.5, 0.6) is 0 Å². The van der Waals surface area contributed by atoms with Gasteiger partial charge in [-0.3, -0.25) is 0 Å². The second-order valence-electron chi connectivity index (χ2n) is 17.3. The Morgan fingerprint density at radius 1 is 0.333 bits per heavy atom. The van der Waals surface area contributed by atoms with Crippen molar-refractivity contribution in [2.75, 3.05) is 4.90 Å². The molecule has 57 heavy (non-hydrogen) atoms. The van der Waals surface area contributed by atoms with Crippen LogP contribution in [0.3, 0.4) is 0 Å². The van der Waals surface area contributed by atoms with Crippen LogP contribution < -0.4 is 4.90 Å². The van der Waals surface area contributed by atoms with Gasteiger partial charge in [0.15, 0.2) is 0 Å². The molecule has 9 aromatic rings. The quantitative estimate of drug-likeness (QED) is 0.154. The first-order chi connectivity index (χ1) is 27.7. The summed E-state index contributed by atoms with van der Waals surface area (Å²) in [5, 5.41) is 7.56. The Hall–Kier alpha value is -6.44. The van der Waals surface area contributed by atoms with Crippen LogP contribution in [0.2, 0.25) is 0 Å². The lowest BCUT2D eigenvalue weighted by Gasteiger charge is -2.42. The minimum atomic E-state index is 0.0874. The zero-order chi connectivity index (χ0) is 38.7. The van der Waals surface area contributed by atoms with E-state index in [4.69, 9.17) is 0 Å². The molecule has 0 unspecified atom stereocenters. The molecular formula is C56H47N. The second kappa shape index (κ2) is 13.6. The van der Waals surface area contributed by atoms with E-state index >= 15 is 0 Å². The normalized spacial score (nSPS) is 14.5. The third-order valence-corrected chi connectivity index (χ3v) is 12.7. The molecule has 0 fully saturated rings. The molecule has 0 saturated heterocycles. The van der Waals surface area contributed by atoms with Gasteiger partial charge >= 0.3 is 0 Å². The molecular weight excluding hydrogens is 687 g/mol. The van der Waals surface area contributed by atoms with Gasteiger partial charge in [0, 0.05) is 17.1 Å². The molecule has 0 bridgehead atoms. The lowest BCUT2D eigenvalue weighted by atomic mass is 9.63. The molecule has 0 radical (unpaired) electrons. The SMILES string of the molecule is CC1(C)CCC(C)(C)c2cc(N(c3ccc(-c4ccccc4)cc3)c3ccc(-c4ccc5ccc6ccccc6c5c4)c(-c4ccc5ccccc5c4)c3)ccc21. The summed E-state index contributed by atoms with van der Waals surface area (Å²) in [6, 6.07) is 69.9. The maximum Gasteiger partial charge on any atom is 0.0468 e. The summed E-state index contributed by atoms with van der Waals surface area (Å²) in [4.78, 5) is 2.47. The summed E-state index contributed by atoms with van der Waals surface area (Å²) >= 11 is 0. The van der Waals surface area contributed by atoms with Crippen LogP contribution in [0.25, 0.3) is 65.7 Å². The number of hydrogen-bond donors (Lipinski definition) is 0. The first-order valence-corrected chi connectivity index (χ1v) is 20.4. The highest BCUT2D eigenvalue weighted by molar-refractivity contribution is 6.09. The Kier molecular flexibility index (Phi) is 8.38. The van der Waals surface area contributed by atoms with Gasteiger partial charge in [0.2, 0.25) is 0 Å². The van der Waals surface area contributed by atoms with Gasteiger partial charge < -0.3 is 4.90 Å². The van der Waals surface area contributed by atoms with Crippen molar-refractivity contribution in [1.82, 2.24) is 0 Å². The number of anilines is 3. The van der Waals surface area contributed by atoms with Gasteiger partial charge in [-0.1, -0.05) is 167 Å². The van der Waals surface area contributed by atoms with Crippen molar-refractivity contribution in [3.05, 3.63) is 199 Å². The molecule has 1 aliphatic carbocycles. The van der Waals surface area contributed by atoms with E-state index in [-0.39, 0.29) is 10.8 Å². The van der Waals surface area contributed by atoms with E-state index in [1.165, 1.54) is 95.4 Å². The molecule has 0 aliphatic heterocycles. The summed E-state index contributed by atoms with van der Waals surface area (Å²) < 4.78 is 0. The van der Waals surface area contributed by atoms with Crippen molar-refractivity contribution < 1.29 is 0 Å². The lowest BCUT2D eigenvalue weighted by Crippen LogP contribution is -2.34. The standard InChI is InChI=1S/C56H47N/c1-55(2)32-33-56(3,4)54-37-48(29-31-53(54)55)57(46-26-24-40(25-27-46)38-12-6-5-7-13-38)47-28-30-50(52(36-47)44-22-18-39-14-8-9-16-43(39)34-44)45-23-21-42-20-19-41-15-10-11-17-49(41)51(42)35-45/h5-31,34-37H,32-33H2,1-4H3. The summed E-state index contributed by atoms with van der Waals surface area (Å²) in [5.41, 5.74) is 13.9. The van der Waals surface area contributed by atoms with Crippen LogP contribution in [0.4, 0.5) is 17.1 Å². The van der Waals surface area contributed by atoms with Gasteiger partial charge in [0.1, 0.15) is 0 Å². The lowest BCUT2D eigenvalue weighted by molar-refractivity contribution is 0.332. The summed E-state index contributed by atoms with van der Waals surface area (Å²) in [7, 11) is 0. The largest absolute Gasteiger partial charge is 0.310 e. The maximum absolute atomic E-state index is 2.49. The summed E-state index contributed by atoms with van der Waals surface area (Å²) in [5.74, 6) is 0. The number of hydrogen-bond acceptors (Lipinski definition) is 1. The fraction of sp³-hybridized carbons (Fsp3) is 0.143. The molecule has 1 nitrogen and oxygen atoms in total. The molecule has 0 aromatic heterocycles. The average Bonchev–Trinajstić information content (AvgIpc) is 3.25. The van der Waals surface area contributed by atoms with Gasteiger partial charge in [-0.15, -0.1) is 0 Å². The smallest absolute Gasteiger partial charge is 0.0468 e. The second-order valence-corrected chi connectivity index (χ2v) is 17.3. The van der Waals surface area contributed by atoms with Gasteiger partial charge in [0.05, 0.1) is 0 Å². The van der Waals surface area contributed by atoms with Crippen LogP contribution in [0.15, 0.2) is 188 Å². The molecule has 276 valence electrons. The van der Waals surface area contributed by atoms with Crippen molar-refractivity contribution in [2.45, 2.75) is 51.4 Å². The van der Waals surface area contributed by atoms with E-state index in [9.17, 15) is 0 Å². The van der Waals surface area contributed by atoms with Crippen molar-refractivity contribution in [1.29, 1.82) is 0 Å². The van der Waals surface area contributed by atoms with E-state index in [0.29, 0.717) is 0 Å². The van der Waals surface area contributed by atoms with E-state index in [0.717, 1.165) is 11.4 Å². The van der Waals surface area contributed by atoms with Crippen LogP contribution in [-0.2, 0) is 10.8 Å². The molecule has 1 aliphatic rings. The molecule has 0 heterocycles. The molecule has 1 heteroatoms. The van der Waals surface area contributed by atoms with Crippen molar-refractivity contribution >= 4 is 49.4 Å². The van der Waals surface area contributed by atoms with Crippen LogP contribution in [0.1, 0.15) is 51.7 Å². The predicted molar refractivity (Wildman–Crippen MR) is 245 cm³/mol. The highest BCUT2D eigenvalue weighted by atomic mass is 15.1. The average molecular weight is 734 g/mol. The number of nitrogens with zero attached hydrogens (tertiary/aromatic N) is 1. The van der Waals surface area contributed by atoms with Gasteiger partial charge in [0.25, 0.3) is 0 Å². The summed E-state index contributed by atoms with van der Waals surface area (Å²) in [6.07, 6.45) is 2.36. The molecule has 10 rings (SSSR count).